The Hall–Kier alpha value is -4.49. The monoisotopic (exact) mass is 596 g/mol. The molecule has 0 fully saturated rings. The average Bonchev–Trinajstić information content (AvgIpc) is 3.05. The lowest BCUT2D eigenvalue weighted by Gasteiger charge is -2.26. The lowest BCUT2D eigenvalue weighted by Crippen LogP contribution is -2.40. The van der Waals surface area contributed by atoms with Crippen LogP contribution in [0.5, 0.6) is 0 Å². The van der Waals surface area contributed by atoms with Crippen LogP contribution in [0.3, 0.4) is 0 Å². The first-order chi connectivity index (χ1) is 21.4. The van der Waals surface area contributed by atoms with Gasteiger partial charge in [0.05, 0.1) is 24.5 Å². The Morgan fingerprint density at radius 2 is 1.45 bits per heavy atom. The Morgan fingerprint density at radius 1 is 0.841 bits per heavy atom. The van der Waals surface area contributed by atoms with Crippen molar-refractivity contribution >= 4 is 17.8 Å². The van der Waals surface area contributed by atoms with Gasteiger partial charge < -0.3 is 20.1 Å². The van der Waals surface area contributed by atoms with E-state index in [2.05, 4.69) is 18.5 Å². The second-order valence-corrected chi connectivity index (χ2v) is 10.8. The molecule has 0 spiro atoms. The number of ether oxygens (including phenoxy) is 1. The molecule has 0 aliphatic rings. The Morgan fingerprint density at radius 3 is 2.05 bits per heavy atom. The van der Waals surface area contributed by atoms with Crippen LogP contribution < -0.4 is 5.32 Å². The van der Waals surface area contributed by atoms with Gasteiger partial charge in [0.15, 0.2) is 0 Å². The van der Waals surface area contributed by atoms with E-state index in [-0.39, 0.29) is 56.3 Å². The van der Waals surface area contributed by atoms with Crippen molar-refractivity contribution in [3.05, 3.63) is 133 Å². The van der Waals surface area contributed by atoms with E-state index >= 15 is 0 Å². The molecule has 44 heavy (non-hydrogen) atoms. The maximum absolute atomic E-state index is 13.6. The number of rotatable bonds is 19. The molecular formula is C37H44N2O5. The number of esters is 1. The number of carbonyl (C=O) groups excluding carboxylic acids is 3. The lowest BCUT2D eigenvalue weighted by molar-refractivity contribution is -0.150. The molecule has 3 rings (SSSR count). The summed E-state index contributed by atoms with van der Waals surface area (Å²) in [6.45, 7) is 7.85. The summed E-state index contributed by atoms with van der Waals surface area (Å²) in [6, 6.07) is 28.1. The number of nitrogens with zero attached hydrogens (tertiary/aromatic N) is 1. The van der Waals surface area contributed by atoms with Crippen molar-refractivity contribution in [1.29, 1.82) is 0 Å². The minimum Gasteiger partial charge on any atom is -0.463 e. The van der Waals surface area contributed by atoms with Gasteiger partial charge in [-0.25, -0.2) is 0 Å². The molecule has 2 amide bonds. The first-order valence-corrected chi connectivity index (χ1v) is 15.1. The van der Waals surface area contributed by atoms with Crippen LogP contribution in [-0.4, -0.2) is 47.5 Å². The van der Waals surface area contributed by atoms with E-state index in [0.717, 1.165) is 16.7 Å². The highest BCUT2D eigenvalue weighted by molar-refractivity contribution is 5.86. The molecule has 3 aromatic rings. The van der Waals surface area contributed by atoms with Crippen molar-refractivity contribution in [3.8, 4) is 0 Å². The summed E-state index contributed by atoms with van der Waals surface area (Å²) < 4.78 is 5.84. The number of amides is 2. The van der Waals surface area contributed by atoms with E-state index in [4.69, 9.17) is 4.74 Å². The molecular weight excluding hydrogens is 552 g/mol. The van der Waals surface area contributed by atoms with Crippen molar-refractivity contribution in [3.63, 3.8) is 0 Å². The molecule has 0 saturated carbocycles. The van der Waals surface area contributed by atoms with Crippen LogP contribution in [-0.2, 0) is 32.1 Å². The lowest BCUT2D eigenvalue weighted by atomic mass is 9.94. The fraction of sp³-hybridized carbons (Fsp3) is 0.324. The number of allylic oxidation sites excluding steroid dienone is 2. The minimum atomic E-state index is -0.683. The third kappa shape index (κ3) is 11.3. The van der Waals surface area contributed by atoms with Crippen molar-refractivity contribution in [1.82, 2.24) is 10.2 Å². The molecule has 0 aliphatic heterocycles. The third-order valence-corrected chi connectivity index (χ3v) is 7.47. The fourth-order valence-electron chi connectivity index (χ4n) is 5.04. The van der Waals surface area contributed by atoms with Gasteiger partial charge in [0.1, 0.15) is 6.61 Å². The van der Waals surface area contributed by atoms with Gasteiger partial charge in [-0.2, -0.15) is 0 Å². The predicted octanol–water partition coefficient (Wildman–Crippen LogP) is 5.82. The Kier molecular flexibility index (Phi) is 14.6. The molecule has 0 aliphatic carbocycles. The van der Waals surface area contributed by atoms with Crippen LogP contribution in [0, 0.1) is 11.8 Å². The van der Waals surface area contributed by atoms with Crippen LogP contribution in [0.1, 0.15) is 48.4 Å². The van der Waals surface area contributed by atoms with Crippen LogP contribution in [0.25, 0.3) is 0 Å². The van der Waals surface area contributed by atoms with E-state index in [1.54, 1.807) is 17.1 Å². The van der Waals surface area contributed by atoms with Crippen LogP contribution in [0.2, 0.25) is 0 Å². The largest absolute Gasteiger partial charge is 0.463 e. The first-order valence-electron chi connectivity index (χ1n) is 15.1. The number of hydrogen-bond acceptors (Lipinski definition) is 5. The molecule has 0 heterocycles. The van der Waals surface area contributed by atoms with E-state index in [1.807, 2.05) is 91.0 Å². The molecule has 0 radical (unpaired) electrons. The highest BCUT2D eigenvalue weighted by atomic mass is 16.5. The predicted molar refractivity (Wildman–Crippen MR) is 173 cm³/mol. The highest BCUT2D eigenvalue weighted by Crippen LogP contribution is 2.21. The second kappa shape index (κ2) is 18.9. The van der Waals surface area contributed by atoms with Crippen molar-refractivity contribution in [2.75, 3.05) is 19.8 Å². The molecule has 0 unspecified atom stereocenters. The standard InChI is InChI=1S/C37H44N2O5/c1-3-5-20-33(25-29-16-9-6-10-17-29)37(43)44-28-34(31-21-13-8-14-22-31)38-36(42)32(15-4-2)26-35(41)39(23-24-40)27-30-18-11-7-12-19-30/h3-4,6-14,16-19,21-22,32-34,40H,1-2,5,15,20,23-28H2,(H,38,42)/t32-,33-,34-/m1/s1. The van der Waals surface area contributed by atoms with Gasteiger partial charge in [-0.3, -0.25) is 14.4 Å². The summed E-state index contributed by atoms with van der Waals surface area (Å²) in [6.07, 6.45) is 5.49. The second-order valence-electron chi connectivity index (χ2n) is 10.8. The number of benzene rings is 3. The van der Waals surface area contributed by atoms with Crippen molar-refractivity contribution < 1.29 is 24.2 Å². The quantitative estimate of drug-likeness (QED) is 0.134. The molecule has 232 valence electrons. The van der Waals surface area contributed by atoms with Gasteiger partial charge in [-0.05, 0) is 42.4 Å². The SMILES string of the molecule is C=CCC[C@H](Cc1ccccc1)C(=O)OC[C@@H](NC(=O)[C@H](CC=C)CC(=O)N(CCO)Cc1ccccc1)c1ccccc1. The van der Waals surface area contributed by atoms with E-state index in [9.17, 15) is 19.5 Å². The van der Waals surface area contributed by atoms with Gasteiger partial charge >= 0.3 is 5.97 Å². The van der Waals surface area contributed by atoms with Gasteiger partial charge in [-0.15, -0.1) is 13.2 Å². The zero-order valence-corrected chi connectivity index (χ0v) is 25.4. The average molecular weight is 597 g/mol. The molecule has 0 bridgehead atoms. The molecule has 7 heteroatoms. The number of carbonyl (C=O) groups is 3. The Balaban J connectivity index is 1.71. The molecule has 3 aromatic carbocycles. The van der Waals surface area contributed by atoms with E-state index in [1.165, 1.54) is 0 Å². The minimum absolute atomic E-state index is 0.0482. The Bertz CT molecular complexity index is 1310. The summed E-state index contributed by atoms with van der Waals surface area (Å²) >= 11 is 0. The summed E-state index contributed by atoms with van der Waals surface area (Å²) in [7, 11) is 0. The normalized spacial score (nSPS) is 12.8. The fourth-order valence-corrected chi connectivity index (χ4v) is 5.04. The maximum atomic E-state index is 13.6. The number of aliphatic hydroxyl groups excluding tert-OH is 1. The molecule has 7 nitrogen and oxygen atoms in total. The van der Waals surface area contributed by atoms with Gasteiger partial charge in [0, 0.05) is 19.5 Å². The van der Waals surface area contributed by atoms with Crippen molar-refractivity contribution in [2.45, 2.75) is 44.7 Å². The summed E-state index contributed by atoms with van der Waals surface area (Å²) in [4.78, 5) is 41.8. The molecule has 0 aromatic heterocycles. The smallest absolute Gasteiger partial charge is 0.309 e. The first kappa shape index (κ1) is 34.0. The van der Waals surface area contributed by atoms with E-state index < -0.39 is 12.0 Å². The number of hydrogen-bond donors (Lipinski definition) is 2. The van der Waals surface area contributed by atoms with Gasteiger partial charge in [-0.1, -0.05) is 103 Å². The number of nitrogens with one attached hydrogen (secondary N) is 1. The number of aliphatic hydroxyl groups is 1. The summed E-state index contributed by atoms with van der Waals surface area (Å²) in [5.74, 6) is -1.93. The maximum Gasteiger partial charge on any atom is 0.309 e. The van der Waals surface area contributed by atoms with Crippen molar-refractivity contribution in [2.24, 2.45) is 11.8 Å². The van der Waals surface area contributed by atoms with Gasteiger partial charge in [0.2, 0.25) is 11.8 Å². The van der Waals surface area contributed by atoms with Crippen LogP contribution in [0.4, 0.5) is 0 Å². The summed E-state index contributed by atoms with van der Waals surface area (Å²) in [5, 5.41) is 12.6. The third-order valence-electron chi connectivity index (χ3n) is 7.47. The van der Waals surface area contributed by atoms with Crippen LogP contribution in [0.15, 0.2) is 116 Å². The van der Waals surface area contributed by atoms with Crippen LogP contribution >= 0.6 is 0 Å². The molecule has 2 N–H and O–H groups in total. The highest BCUT2D eigenvalue weighted by Gasteiger charge is 2.28. The Labute approximate surface area is 261 Å². The molecule has 0 saturated heterocycles. The molecule has 3 atom stereocenters. The van der Waals surface area contributed by atoms with Gasteiger partial charge in [0.25, 0.3) is 0 Å². The van der Waals surface area contributed by atoms with E-state index in [0.29, 0.717) is 25.8 Å². The zero-order valence-electron chi connectivity index (χ0n) is 25.4. The summed E-state index contributed by atoms with van der Waals surface area (Å²) in [5.41, 5.74) is 2.77. The topological polar surface area (TPSA) is 95.9 Å². The zero-order chi connectivity index (χ0) is 31.6.